The molecule has 5 rings (SSSR count). The molecule has 0 aliphatic heterocycles. The van der Waals surface area contributed by atoms with Crippen molar-refractivity contribution >= 4 is 28.6 Å². The molecule has 1 amide bonds. The average molecular weight is 496 g/mol. The SMILES string of the molecule is CN=C[C@]1(O)C[C@@H](CCC(=O)Nc2ncc(C)s2)C2C3CCc4cc(OC)ccc4C3CC[C@@]21C. The van der Waals surface area contributed by atoms with Gasteiger partial charge in [-0.05, 0) is 92.4 Å². The minimum atomic E-state index is -0.925. The second kappa shape index (κ2) is 9.32. The molecule has 2 aromatic rings. The lowest BCUT2D eigenvalue weighted by Crippen LogP contribution is -2.52. The number of fused-ring (bicyclic) bond motifs is 5. The highest BCUT2D eigenvalue weighted by Gasteiger charge is 2.64. The summed E-state index contributed by atoms with van der Waals surface area (Å²) in [4.78, 5) is 22.4. The molecule has 1 heterocycles. The first-order valence-corrected chi connectivity index (χ1v) is 13.6. The molecule has 0 bridgehead atoms. The van der Waals surface area contributed by atoms with Crippen LogP contribution in [0.1, 0.15) is 67.4 Å². The van der Waals surface area contributed by atoms with E-state index in [0.29, 0.717) is 35.7 Å². The maximum absolute atomic E-state index is 12.8. The molecule has 2 saturated carbocycles. The van der Waals surface area contributed by atoms with Gasteiger partial charge in [0.2, 0.25) is 5.91 Å². The fourth-order valence-corrected chi connectivity index (χ4v) is 8.36. The Hall–Kier alpha value is -2.25. The highest BCUT2D eigenvalue weighted by Crippen LogP contribution is 2.66. The van der Waals surface area contributed by atoms with Crippen LogP contribution in [0, 0.1) is 30.1 Å². The summed E-state index contributed by atoms with van der Waals surface area (Å²) in [6.07, 6.45) is 9.67. The maximum atomic E-state index is 12.8. The number of methoxy groups -OCH3 is 1. The Bertz CT molecular complexity index is 1130. The molecule has 35 heavy (non-hydrogen) atoms. The van der Waals surface area contributed by atoms with Gasteiger partial charge in [0, 0.05) is 36.2 Å². The second-order valence-corrected chi connectivity index (χ2v) is 12.2. The van der Waals surface area contributed by atoms with Gasteiger partial charge in [0.25, 0.3) is 0 Å². The number of rotatable bonds is 6. The lowest BCUT2D eigenvalue weighted by Gasteiger charge is -2.53. The first-order chi connectivity index (χ1) is 16.8. The molecule has 188 valence electrons. The molecule has 7 heteroatoms. The van der Waals surface area contributed by atoms with E-state index in [2.05, 4.69) is 40.4 Å². The summed E-state index contributed by atoms with van der Waals surface area (Å²) >= 11 is 1.50. The molecule has 3 aliphatic rings. The van der Waals surface area contributed by atoms with Crippen LogP contribution in [-0.4, -0.2) is 42.0 Å². The molecule has 6 atom stereocenters. The molecule has 3 aliphatic carbocycles. The van der Waals surface area contributed by atoms with E-state index in [1.54, 1.807) is 26.6 Å². The van der Waals surface area contributed by atoms with Gasteiger partial charge in [-0.2, -0.15) is 0 Å². The summed E-state index contributed by atoms with van der Waals surface area (Å²) in [5, 5.41) is 15.5. The number of aromatic nitrogens is 1. The number of amides is 1. The van der Waals surface area contributed by atoms with Crippen LogP contribution in [0.25, 0.3) is 0 Å². The van der Waals surface area contributed by atoms with Crippen molar-refractivity contribution in [1.82, 2.24) is 4.98 Å². The number of carbonyl (C=O) groups excluding carboxylic acids is 1. The molecule has 0 spiro atoms. The van der Waals surface area contributed by atoms with Crippen LogP contribution >= 0.6 is 11.3 Å². The summed E-state index contributed by atoms with van der Waals surface area (Å²) in [7, 11) is 3.48. The third kappa shape index (κ3) is 4.20. The van der Waals surface area contributed by atoms with E-state index in [4.69, 9.17) is 4.74 Å². The van der Waals surface area contributed by atoms with Gasteiger partial charge in [-0.1, -0.05) is 13.0 Å². The number of carbonyl (C=O) groups is 1. The number of ether oxygens (including phenoxy) is 1. The summed E-state index contributed by atoms with van der Waals surface area (Å²) in [6, 6.07) is 6.56. The number of aliphatic imine (C=N–C) groups is 1. The Balaban J connectivity index is 1.40. The van der Waals surface area contributed by atoms with E-state index in [9.17, 15) is 9.90 Å². The monoisotopic (exact) mass is 495 g/mol. The van der Waals surface area contributed by atoms with Gasteiger partial charge >= 0.3 is 0 Å². The van der Waals surface area contributed by atoms with Crippen LogP contribution in [0.4, 0.5) is 5.13 Å². The van der Waals surface area contributed by atoms with Crippen molar-refractivity contribution in [3.63, 3.8) is 0 Å². The third-order valence-electron chi connectivity index (χ3n) is 9.21. The smallest absolute Gasteiger partial charge is 0.226 e. The normalized spacial score (nSPS) is 33.7. The van der Waals surface area contributed by atoms with Gasteiger partial charge in [0.15, 0.2) is 5.13 Å². The third-order valence-corrected chi connectivity index (χ3v) is 10.0. The second-order valence-electron chi connectivity index (χ2n) is 11.0. The average Bonchev–Trinajstić information content (AvgIpc) is 3.34. The minimum absolute atomic E-state index is 0.00842. The van der Waals surface area contributed by atoms with Crippen molar-refractivity contribution in [2.45, 2.75) is 70.3 Å². The first kappa shape index (κ1) is 24.4. The van der Waals surface area contributed by atoms with Crippen molar-refractivity contribution in [2.75, 3.05) is 19.5 Å². The Morgan fingerprint density at radius 1 is 1.40 bits per heavy atom. The molecule has 2 fully saturated rings. The van der Waals surface area contributed by atoms with Gasteiger partial charge in [-0.3, -0.25) is 9.79 Å². The summed E-state index contributed by atoms with van der Waals surface area (Å²) in [5.74, 6) is 2.57. The predicted molar refractivity (Wildman–Crippen MR) is 141 cm³/mol. The van der Waals surface area contributed by atoms with Gasteiger partial charge in [-0.25, -0.2) is 4.98 Å². The zero-order valence-electron chi connectivity index (χ0n) is 21.2. The topological polar surface area (TPSA) is 83.8 Å². The van der Waals surface area contributed by atoms with E-state index in [0.717, 1.165) is 42.7 Å². The van der Waals surface area contributed by atoms with E-state index in [1.165, 1.54) is 22.5 Å². The van der Waals surface area contributed by atoms with Crippen LogP contribution in [0.5, 0.6) is 5.75 Å². The Labute approximate surface area is 212 Å². The lowest BCUT2D eigenvalue weighted by molar-refractivity contribution is -0.116. The highest BCUT2D eigenvalue weighted by molar-refractivity contribution is 7.15. The van der Waals surface area contributed by atoms with Gasteiger partial charge < -0.3 is 15.2 Å². The zero-order chi connectivity index (χ0) is 24.8. The van der Waals surface area contributed by atoms with Crippen LogP contribution in [0.15, 0.2) is 29.4 Å². The van der Waals surface area contributed by atoms with Crippen molar-refractivity contribution in [2.24, 2.45) is 28.2 Å². The number of anilines is 1. The summed E-state index contributed by atoms with van der Waals surface area (Å²) < 4.78 is 5.48. The van der Waals surface area contributed by atoms with E-state index < -0.39 is 5.60 Å². The molecule has 3 unspecified atom stereocenters. The van der Waals surface area contributed by atoms with Gasteiger partial charge in [0.1, 0.15) is 11.4 Å². The minimum Gasteiger partial charge on any atom is -0.497 e. The molecular weight excluding hydrogens is 458 g/mol. The van der Waals surface area contributed by atoms with Crippen LogP contribution < -0.4 is 10.1 Å². The Morgan fingerprint density at radius 2 is 2.23 bits per heavy atom. The standard InChI is InChI=1S/C28H37N3O3S/c1-17-15-30-26(35-17)31-24(32)10-6-19-14-28(33,16-29-3)27(2)12-11-22-21-9-7-20(34-4)13-18(21)5-8-23(22)25(19)27/h7,9,13,15-16,19,22-23,25,33H,5-6,8,10-12,14H2,1-4H3,(H,30,31,32)/t19-,22?,23?,25?,27+,28-/m1/s1. The highest BCUT2D eigenvalue weighted by atomic mass is 32.1. The number of aryl methyl sites for hydroxylation is 2. The number of nitrogens with zero attached hydrogens (tertiary/aromatic N) is 2. The fourth-order valence-electron chi connectivity index (χ4n) is 7.68. The van der Waals surface area contributed by atoms with Crippen LogP contribution in [-0.2, 0) is 11.2 Å². The van der Waals surface area contributed by atoms with Crippen molar-refractivity contribution in [3.05, 3.63) is 40.4 Å². The number of hydrogen-bond donors (Lipinski definition) is 2. The van der Waals surface area contributed by atoms with Gasteiger partial charge in [-0.15, -0.1) is 11.3 Å². The molecule has 1 aromatic heterocycles. The van der Waals surface area contributed by atoms with Gasteiger partial charge in [0.05, 0.1) is 7.11 Å². The first-order valence-electron chi connectivity index (χ1n) is 12.8. The van der Waals surface area contributed by atoms with Crippen LogP contribution in [0.2, 0.25) is 0 Å². The number of benzene rings is 1. The fraction of sp³-hybridized carbons (Fsp3) is 0.607. The van der Waals surface area contributed by atoms with E-state index >= 15 is 0 Å². The molecular formula is C28H37N3O3S. The van der Waals surface area contributed by atoms with Crippen molar-refractivity contribution in [3.8, 4) is 5.75 Å². The molecule has 0 radical (unpaired) electrons. The Kier molecular flexibility index (Phi) is 6.51. The molecule has 0 saturated heterocycles. The van der Waals surface area contributed by atoms with Crippen LogP contribution in [0.3, 0.4) is 0 Å². The number of thiazole rings is 1. The van der Waals surface area contributed by atoms with Crippen molar-refractivity contribution in [1.29, 1.82) is 0 Å². The summed E-state index contributed by atoms with van der Waals surface area (Å²) in [6.45, 7) is 4.26. The predicted octanol–water partition coefficient (Wildman–Crippen LogP) is 5.39. The number of hydrogen-bond acceptors (Lipinski definition) is 6. The lowest BCUT2D eigenvalue weighted by atomic mass is 9.52. The number of aliphatic hydroxyl groups is 1. The van der Waals surface area contributed by atoms with E-state index in [-0.39, 0.29) is 17.2 Å². The molecule has 2 N–H and O–H groups in total. The van der Waals surface area contributed by atoms with Crippen molar-refractivity contribution < 1.29 is 14.6 Å². The number of nitrogens with one attached hydrogen (secondary N) is 1. The van der Waals surface area contributed by atoms with E-state index in [1.807, 2.05) is 6.92 Å². The zero-order valence-corrected chi connectivity index (χ0v) is 22.0. The summed E-state index contributed by atoms with van der Waals surface area (Å²) in [5.41, 5.74) is 1.71. The Morgan fingerprint density at radius 3 is 2.94 bits per heavy atom. The largest absolute Gasteiger partial charge is 0.497 e. The molecule has 6 nitrogen and oxygen atoms in total. The quantitative estimate of drug-likeness (QED) is 0.526. The maximum Gasteiger partial charge on any atom is 0.226 e. The molecule has 1 aromatic carbocycles.